The SMILES string of the molecule is COc1ccc(C2CCN(C(=O)C3CC4CCCC(C3)C4N)CC2)cc1. The van der Waals surface area contributed by atoms with E-state index in [2.05, 4.69) is 17.0 Å². The third-order valence-electron chi connectivity index (χ3n) is 7.16. The second-order valence-electron chi connectivity index (χ2n) is 8.57. The Morgan fingerprint density at radius 3 is 2.23 bits per heavy atom. The molecule has 1 aromatic rings. The summed E-state index contributed by atoms with van der Waals surface area (Å²) in [5.74, 6) is 3.25. The van der Waals surface area contributed by atoms with Crippen LogP contribution in [0.4, 0.5) is 0 Å². The largest absolute Gasteiger partial charge is 0.497 e. The molecule has 3 aliphatic rings. The van der Waals surface area contributed by atoms with Crippen LogP contribution in [0.3, 0.4) is 0 Å². The fourth-order valence-electron chi connectivity index (χ4n) is 5.56. The number of carbonyl (C=O) groups is 1. The van der Waals surface area contributed by atoms with Gasteiger partial charge >= 0.3 is 0 Å². The van der Waals surface area contributed by atoms with E-state index in [1.807, 2.05) is 12.1 Å². The van der Waals surface area contributed by atoms with Crippen molar-refractivity contribution in [2.45, 2.75) is 56.9 Å². The highest BCUT2D eigenvalue weighted by Crippen LogP contribution is 2.43. The molecule has 0 aromatic heterocycles. The van der Waals surface area contributed by atoms with Gasteiger partial charge in [0, 0.05) is 25.0 Å². The van der Waals surface area contributed by atoms with Gasteiger partial charge in [0.05, 0.1) is 7.11 Å². The van der Waals surface area contributed by atoms with E-state index < -0.39 is 0 Å². The number of amides is 1. The number of hydrogen-bond donors (Lipinski definition) is 1. The van der Waals surface area contributed by atoms with Crippen molar-refractivity contribution in [2.75, 3.05) is 20.2 Å². The van der Waals surface area contributed by atoms with Crippen LogP contribution >= 0.6 is 0 Å². The number of hydrogen-bond acceptors (Lipinski definition) is 3. The van der Waals surface area contributed by atoms with Gasteiger partial charge in [-0.05, 0) is 74.0 Å². The number of fused-ring (bicyclic) bond motifs is 2. The molecule has 2 atom stereocenters. The zero-order chi connectivity index (χ0) is 18.1. The highest BCUT2D eigenvalue weighted by Gasteiger charge is 2.42. The third-order valence-corrected chi connectivity index (χ3v) is 7.16. The molecule has 2 bridgehead atoms. The average molecular weight is 357 g/mol. The van der Waals surface area contributed by atoms with Crippen LogP contribution in [-0.4, -0.2) is 37.0 Å². The maximum atomic E-state index is 13.1. The van der Waals surface area contributed by atoms with Crippen molar-refractivity contribution in [2.24, 2.45) is 23.5 Å². The fraction of sp³-hybridized carbons (Fsp3) is 0.682. The molecule has 1 amide bonds. The second-order valence-corrected chi connectivity index (χ2v) is 8.57. The van der Waals surface area contributed by atoms with E-state index >= 15 is 0 Å². The van der Waals surface area contributed by atoms with Gasteiger partial charge < -0.3 is 15.4 Å². The lowest BCUT2D eigenvalue weighted by molar-refractivity contribution is -0.139. The van der Waals surface area contributed by atoms with Crippen LogP contribution in [-0.2, 0) is 4.79 Å². The molecule has 2 saturated carbocycles. The van der Waals surface area contributed by atoms with Gasteiger partial charge in [0.25, 0.3) is 0 Å². The van der Waals surface area contributed by atoms with Crippen LogP contribution in [0.25, 0.3) is 0 Å². The summed E-state index contributed by atoms with van der Waals surface area (Å²) in [6.45, 7) is 1.79. The summed E-state index contributed by atoms with van der Waals surface area (Å²) in [5, 5.41) is 0. The van der Waals surface area contributed by atoms with E-state index in [9.17, 15) is 4.79 Å². The number of nitrogens with two attached hydrogens (primary N) is 1. The molecule has 26 heavy (non-hydrogen) atoms. The minimum absolute atomic E-state index is 0.225. The Morgan fingerprint density at radius 1 is 1.04 bits per heavy atom. The second kappa shape index (κ2) is 7.59. The highest BCUT2D eigenvalue weighted by atomic mass is 16.5. The molecule has 1 saturated heterocycles. The highest BCUT2D eigenvalue weighted by molar-refractivity contribution is 5.79. The minimum atomic E-state index is 0.225. The van der Waals surface area contributed by atoms with Gasteiger partial charge in [0.1, 0.15) is 5.75 Å². The van der Waals surface area contributed by atoms with Gasteiger partial charge in [-0.1, -0.05) is 18.6 Å². The van der Waals surface area contributed by atoms with Crippen molar-refractivity contribution in [3.05, 3.63) is 29.8 Å². The summed E-state index contributed by atoms with van der Waals surface area (Å²) in [6, 6.07) is 8.76. The first-order chi connectivity index (χ1) is 12.7. The summed E-state index contributed by atoms with van der Waals surface area (Å²) in [7, 11) is 1.70. The van der Waals surface area contributed by atoms with Crippen LogP contribution in [0, 0.1) is 17.8 Å². The Hall–Kier alpha value is -1.55. The number of likely N-dealkylation sites (tertiary alicyclic amines) is 1. The summed E-state index contributed by atoms with van der Waals surface area (Å²) < 4.78 is 5.25. The summed E-state index contributed by atoms with van der Waals surface area (Å²) >= 11 is 0. The molecule has 2 unspecified atom stereocenters. The normalized spacial score (nSPS) is 32.3. The fourth-order valence-corrected chi connectivity index (χ4v) is 5.56. The zero-order valence-corrected chi connectivity index (χ0v) is 15.9. The number of piperidine rings is 1. The Kier molecular flexibility index (Phi) is 5.21. The molecule has 1 aliphatic heterocycles. The maximum Gasteiger partial charge on any atom is 0.225 e. The van der Waals surface area contributed by atoms with E-state index in [4.69, 9.17) is 10.5 Å². The lowest BCUT2D eigenvalue weighted by Crippen LogP contribution is -2.50. The standard InChI is InChI=1S/C22H32N2O2/c1-26-20-7-5-15(6-8-20)16-9-11-24(12-10-16)22(25)19-13-17-3-2-4-18(14-19)21(17)23/h5-8,16-19,21H,2-4,9-14,23H2,1H3. The van der Waals surface area contributed by atoms with Crippen LogP contribution in [0.1, 0.15) is 56.4 Å². The first-order valence-corrected chi connectivity index (χ1v) is 10.3. The molecular formula is C22H32N2O2. The molecule has 0 radical (unpaired) electrons. The number of carbonyl (C=O) groups excluding carboxylic acids is 1. The molecule has 4 nitrogen and oxygen atoms in total. The van der Waals surface area contributed by atoms with Crippen molar-refractivity contribution in [1.82, 2.24) is 4.90 Å². The number of methoxy groups -OCH3 is 1. The summed E-state index contributed by atoms with van der Waals surface area (Å²) in [4.78, 5) is 15.2. The molecule has 1 aromatic carbocycles. The lowest BCUT2D eigenvalue weighted by atomic mass is 9.65. The molecule has 3 fully saturated rings. The third kappa shape index (κ3) is 3.48. The number of rotatable bonds is 3. The lowest BCUT2D eigenvalue weighted by Gasteiger charge is -2.45. The van der Waals surface area contributed by atoms with Gasteiger partial charge in [0.2, 0.25) is 5.91 Å². The minimum Gasteiger partial charge on any atom is -0.497 e. The molecule has 2 aliphatic carbocycles. The molecule has 4 rings (SSSR count). The predicted octanol–water partition coefficient (Wildman–Crippen LogP) is 3.55. The van der Waals surface area contributed by atoms with Gasteiger partial charge in [-0.15, -0.1) is 0 Å². The van der Waals surface area contributed by atoms with Crippen LogP contribution in [0.15, 0.2) is 24.3 Å². The van der Waals surface area contributed by atoms with Crippen molar-refractivity contribution >= 4 is 5.91 Å². The van der Waals surface area contributed by atoms with E-state index in [1.54, 1.807) is 7.11 Å². The molecule has 0 spiro atoms. The summed E-state index contributed by atoms with van der Waals surface area (Å²) in [5.41, 5.74) is 7.77. The van der Waals surface area contributed by atoms with Gasteiger partial charge in [-0.2, -0.15) is 0 Å². The first-order valence-electron chi connectivity index (χ1n) is 10.3. The summed E-state index contributed by atoms with van der Waals surface area (Å²) in [6.07, 6.45) is 7.93. The Labute approximate surface area is 157 Å². The number of benzene rings is 1. The zero-order valence-electron chi connectivity index (χ0n) is 15.9. The molecule has 2 N–H and O–H groups in total. The predicted molar refractivity (Wildman–Crippen MR) is 103 cm³/mol. The Balaban J connectivity index is 1.33. The molecule has 1 heterocycles. The van der Waals surface area contributed by atoms with Crippen LogP contribution < -0.4 is 10.5 Å². The average Bonchev–Trinajstić information content (AvgIpc) is 2.67. The van der Waals surface area contributed by atoms with E-state index in [0.29, 0.717) is 29.7 Å². The first kappa shape index (κ1) is 17.8. The maximum absolute atomic E-state index is 13.1. The van der Waals surface area contributed by atoms with E-state index in [1.165, 1.54) is 24.8 Å². The molecular weight excluding hydrogens is 324 g/mol. The molecule has 142 valence electrons. The van der Waals surface area contributed by atoms with E-state index in [0.717, 1.165) is 44.5 Å². The Bertz CT molecular complexity index is 608. The van der Waals surface area contributed by atoms with Crippen molar-refractivity contribution in [3.8, 4) is 5.75 Å². The quantitative estimate of drug-likeness (QED) is 0.901. The monoisotopic (exact) mass is 356 g/mol. The van der Waals surface area contributed by atoms with E-state index in [-0.39, 0.29) is 5.92 Å². The van der Waals surface area contributed by atoms with Gasteiger partial charge in [0.15, 0.2) is 0 Å². The topological polar surface area (TPSA) is 55.6 Å². The molecule has 4 heteroatoms. The smallest absolute Gasteiger partial charge is 0.225 e. The number of nitrogens with zero attached hydrogens (tertiary/aromatic N) is 1. The van der Waals surface area contributed by atoms with Gasteiger partial charge in [-0.3, -0.25) is 4.79 Å². The number of ether oxygens (including phenoxy) is 1. The van der Waals surface area contributed by atoms with Gasteiger partial charge in [-0.25, -0.2) is 0 Å². The van der Waals surface area contributed by atoms with Crippen molar-refractivity contribution in [3.63, 3.8) is 0 Å². The van der Waals surface area contributed by atoms with Crippen molar-refractivity contribution in [1.29, 1.82) is 0 Å². The van der Waals surface area contributed by atoms with Crippen LogP contribution in [0.5, 0.6) is 5.75 Å². The van der Waals surface area contributed by atoms with Crippen LogP contribution in [0.2, 0.25) is 0 Å². The Morgan fingerprint density at radius 2 is 1.65 bits per heavy atom. The van der Waals surface area contributed by atoms with Crippen molar-refractivity contribution < 1.29 is 9.53 Å².